The Balaban J connectivity index is 0. The van der Waals surface area contributed by atoms with Crippen molar-refractivity contribution >= 4 is 11.9 Å². The SMILES string of the molecule is COC(C)COC(=O)CCCC(=O)O.[Zn]. The van der Waals surface area contributed by atoms with Crippen molar-refractivity contribution in [3.8, 4) is 0 Å². The third-order valence-electron chi connectivity index (χ3n) is 1.65. The van der Waals surface area contributed by atoms with Crippen molar-refractivity contribution < 1.29 is 43.6 Å². The van der Waals surface area contributed by atoms with Crippen molar-refractivity contribution in [3.05, 3.63) is 0 Å². The molecule has 0 aliphatic carbocycles. The molecular weight excluding hydrogens is 253 g/mol. The van der Waals surface area contributed by atoms with Crippen LogP contribution in [0.5, 0.6) is 0 Å². The number of hydrogen-bond donors (Lipinski definition) is 1. The van der Waals surface area contributed by atoms with Gasteiger partial charge in [0.2, 0.25) is 0 Å². The van der Waals surface area contributed by atoms with Crippen LogP contribution in [0, 0.1) is 0 Å². The van der Waals surface area contributed by atoms with Crippen LogP contribution in [-0.2, 0) is 38.5 Å². The molecular formula is C9H16O5Zn. The van der Waals surface area contributed by atoms with E-state index in [-0.39, 0.29) is 51.0 Å². The van der Waals surface area contributed by atoms with E-state index in [4.69, 9.17) is 14.6 Å². The van der Waals surface area contributed by atoms with Gasteiger partial charge < -0.3 is 14.6 Å². The Morgan fingerprint density at radius 1 is 1.33 bits per heavy atom. The van der Waals surface area contributed by atoms with Crippen LogP contribution < -0.4 is 0 Å². The molecule has 0 radical (unpaired) electrons. The molecule has 1 unspecified atom stereocenters. The molecule has 0 aliphatic rings. The molecule has 0 heterocycles. The van der Waals surface area contributed by atoms with E-state index in [0.29, 0.717) is 6.42 Å². The number of ether oxygens (including phenoxy) is 2. The minimum Gasteiger partial charge on any atom is -0.481 e. The molecule has 5 nitrogen and oxygen atoms in total. The molecule has 0 aromatic heterocycles. The summed E-state index contributed by atoms with van der Waals surface area (Å²) < 4.78 is 9.69. The first-order valence-electron chi connectivity index (χ1n) is 4.46. The van der Waals surface area contributed by atoms with Crippen molar-refractivity contribution in [1.29, 1.82) is 0 Å². The number of carbonyl (C=O) groups is 2. The van der Waals surface area contributed by atoms with Gasteiger partial charge >= 0.3 is 11.9 Å². The smallest absolute Gasteiger partial charge is 0.305 e. The van der Waals surface area contributed by atoms with Crippen molar-refractivity contribution in [2.45, 2.75) is 32.3 Å². The predicted molar refractivity (Wildman–Crippen MR) is 48.9 cm³/mol. The number of carbonyl (C=O) groups excluding carboxylic acids is 1. The normalized spacial score (nSPS) is 11.3. The van der Waals surface area contributed by atoms with Gasteiger partial charge in [-0.2, -0.15) is 0 Å². The van der Waals surface area contributed by atoms with Crippen molar-refractivity contribution in [3.63, 3.8) is 0 Å². The second kappa shape index (κ2) is 10.1. The molecule has 0 rings (SSSR count). The molecule has 0 saturated carbocycles. The van der Waals surface area contributed by atoms with Gasteiger partial charge in [-0.3, -0.25) is 9.59 Å². The Morgan fingerprint density at radius 3 is 2.40 bits per heavy atom. The van der Waals surface area contributed by atoms with Gasteiger partial charge in [-0.1, -0.05) is 0 Å². The maximum Gasteiger partial charge on any atom is 0.305 e. The average molecular weight is 270 g/mol. The monoisotopic (exact) mass is 268 g/mol. The van der Waals surface area contributed by atoms with E-state index in [1.807, 2.05) is 0 Å². The minimum absolute atomic E-state index is 0. The van der Waals surface area contributed by atoms with E-state index in [2.05, 4.69) is 0 Å². The zero-order chi connectivity index (χ0) is 11.0. The van der Waals surface area contributed by atoms with Gasteiger partial charge in [-0.25, -0.2) is 0 Å². The standard InChI is InChI=1S/C9H16O5.Zn/c1-7(13-2)6-14-9(12)5-3-4-8(10)11;/h7H,3-6H2,1-2H3,(H,10,11);. The topological polar surface area (TPSA) is 72.8 Å². The molecule has 0 aliphatic heterocycles. The molecule has 0 amide bonds. The Bertz CT molecular complexity index is 195. The maximum atomic E-state index is 11.0. The first-order valence-corrected chi connectivity index (χ1v) is 4.46. The summed E-state index contributed by atoms with van der Waals surface area (Å²) in [6.45, 7) is 1.99. The Morgan fingerprint density at radius 2 is 1.93 bits per heavy atom. The van der Waals surface area contributed by atoms with Crippen molar-refractivity contribution in [1.82, 2.24) is 0 Å². The first kappa shape index (κ1) is 16.9. The van der Waals surface area contributed by atoms with E-state index >= 15 is 0 Å². The summed E-state index contributed by atoms with van der Waals surface area (Å²) in [6, 6.07) is 0. The second-order valence-corrected chi connectivity index (χ2v) is 2.98. The van der Waals surface area contributed by atoms with Gasteiger partial charge in [0.1, 0.15) is 6.61 Å². The summed E-state index contributed by atoms with van der Waals surface area (Å²) in [4.78, 5) is 21.1. The van der Waals surface area contributed by atoms with Crippen molar-refractivity contribution in [2.24, 2.45) is 0 Å². The van der Waals surface area contributed by atoms with Crippen LogP contribution in [-0.4, -0.2) is 36.9 Å². The maximum absolute atomic E-state index is 11.0. The molecule has 1 atom stereocenters. The molecule has 0 bridgehead atoms. The van der Waals surface area contributed by atoms with E-state index in [1.54, 1.807) is 6.92 Å². The number of hydrogen-bond acceptors (Lipinski definition) is 4. The third-order valence-corrected chi connectivity index (χ3v) is 1.65. The van der Waals surface area contributed by atoms with Crippen LogP contribution >= 0.6 is 0 Å². The fourth-order valence-corrected chi connectivity index (χ4v) is 0.734. The number of esters is 1. The molecule has 0 fully saturated rings. The second-order valence-electron chi connectivity index (χ2n) is 2.98. The number of aliphatic carboxylic acids is 1. The summed E-state index contributed by atoms with van der Waals surface area (Å²) in [5.41, 5.74) is 0. The van der Waals surface area contributed by atoms with Crippen LogP contribution in [0.15, 0.2) is 0 Å². The molecule has 0 aromatic rings. The Hall–Kier alpha value is -0.477. The molecule has 1 N–H and O–H groups in total. The Labute approximate surface area is 102 Å². The van der Waals surface area contributed by atoms with Crippen LogP contribution in [0.3, 0.4) is 0 Å². The molecule has 6 heteroatoms. The number of carboxylic acids is 1. The Kier molecular flexibility index (Phi) is 11.4. The zero-order valence-electron chi connectivity index (χ0n) is 9.19. The third kappa shape index (κ3) is 11.4. The predicted octanol–water partition coefficient (Wildman–Crippen LogP) is 0.817. The van der Waals surface area contributed by atoms with Gasteiger partial charge in [0, 0.05) is 39.4 Å². The molecule has 15 heavy (non-hydrogen) atoms. The molecule has 0 spiro atoms. The fraction of sp³-hybridized carbons (Fsp3) is 0.778. The molecule has 0 aromatic carbocycles. The van der Waals surface area contributed by atoms with E-state index in [9.17, 15) is 9.59 Å². The van der Waals surface area contributed by atoms with Crippen LogP contribution in [0.25, 0.3) is 0 Å². The van der Waals surface area contributed by atoms with Gasteiger partial charge in [-0.15, -0.1) is 0 Å². The zero-order valence-corrected chi connectivity index (χ0v) is 12.2. The van der Waals surface area contributed by atoms with Crippen LogP contribution in [0.1, 0.15) is 26.2 Å². The summed E-state index contributed by atoms with van der Waals surface area (Å²) in [5.74, 6) is -1.28. The van der Waals surface area contributed by atoms with Gasteiger partial charge in [0.25, 0.3) is 0 Å². The quantitative estimate of drug-likeness (QED) is 0.547. The van der Waals surface area contributed by atoms with E-state index < -0.39 is 5.97 Å². The van der Waals surface area contributed by atoms with E-state index in [1.165, 1.54) is 7.11 Å². The molecule has 84 valence electrons. The van der Waals surface area contributed by atoms with Gasteiger partial charge in [0.05, 0.1) is 6.10 Å². The van der Waals surface area contributed by atoms with Crippen LogP contribution in [0.2, 0.25) is 0 Å². The fourth-order valence-electron chi connectivity index (χ4n) is 0.734. The first-order chi connectivity index (χ1) is 6.56. The average Bonchev–Trinajstić information content (AvgIpc) is 2.13. The summed E-state index contributed by atoms with van der Waals surface area (Å²) in [5, 5.41) is 8.31. The number of carboxylic acid groups (broad SMARTS) is 1. The summed E-state index contributed by atoms with van der Waals surface area (Å²) in [7, 11) is 1.53. The summed E-state index contributed by atoms with van der Waals surface area (Å²) >= 11 is 0. The minimum atomic E-state index is -0.900. The van der Waals surface area contributed by atoms with Crippen LogP contribution in [0.4, 0.5) is 0 Å². The van der Waals surface area contributed by atoms with Gasteiger partial charge in [0.15, 0.2) is 0 Å². The number of rotatable bonds is 7. The van der Waals surface area contributed by atoms with Gasteiger partial charge in [-0.05, 0) is 13.3 Å². The number of methoxy groups -OCH3 is 1. The largest absolute Gasteiger partial charge is 0.481 e. The molecule has 0 saturated heterocycles. The van der Waals surface area contributed by atoms with E-state index in [0.717, 1.165) is 0 Å². The summed E-state index contributed by atoms with van der Waals surface area (Å²) in [6.07, 6.45) is 0.325. The van der Waals surface area contributed by atoms with Crippen molar-refractivity contribution in [2.75, 3.05) is 13.7 Å².